The van der Waals surface area contributed by atoms with E-state index < -0.39 is 5.60 Å². The van der Waals surface area contributed by atoms with E-state index >= 15 is 0 Å². The predicted octanol–water partition coefficient (Wildman–Crippen LogP) is 4.56. The Morgan fingerprint density at radius 1 is 1.00 bits per heavy atom. The monoisotopic (exact) mass is 461 g/mol. The number of piperidine rings is 1. The second kappa shape index (κ2) is 9.24. The summed E-state index contributed by atoms with van der Waals surface area (Å²) < 4.78 is 11.5. The maximum atomic E-state index is 12.8. The first kappa shape index (κ1) is 22.6. The first-order valence-electron chi connectivity index (χ1n) is 12.3. The fraction of sp³-hybridized carbons (Fsp3) is 0.464. The van der Waals surface area contributed by atoms with Crippen LogP contribution in [0.5, 0.6) is 11.5 Å². The highest BCUT2D eigenvalue weighted by molar-refractivity contribution is 6.01. The molecule has 2 aromatic rings. The minimum Gasteiger partial charge on any atom is -0.497 e. The van der Waals surface area contributed by atoms with Gasteiger partial charge in [-0.1, -0.05) is 12.1 Å². The van der Waals surface area contributed by atoms with Crippen molar-refractivity contribution in [1.82, 2.24) is 4.90 Å². The Hall–Kier alpha value is -3.15. The lowest BCUT2D eigenvalue weighted by atomic mass is 9.82. The van der Waals surface area contributed by atoms with E-state index in [2.05, 4.69) is 6.07 Å². The average Bonchev–Trinajstić information content (AvgIpc) is 2.87. The van der Waals surface area contributed by atoms with Gasteiger partial charge in [-0.15, -0.1) is 0 Å². The molecule has 1 aliphatic carbocycles. The number of ketones is 2. The molecule has 0 N–H and O–H groups in total. The number of carbonyl (C=O) groups excluding carboxylic acids is 3. The van der Waals surface area contributed by atoms with Gasteiger partial charge in [0.15, 0.2) is 11.6 Å². The number of Topliss-reactive ketones (excluding diaryl/α,β-unsaturated/α-hetero) is 2. The van der Waals surface area contributed by atoms with Crippen molar-refractivity contribution in [2.24, 2.45) is 0 Å². The number of fused-ring (bicyclic) bond motifs is 2. The van der Waals surface area contributed by atoms with Crippen LogP contribution in [-0.2, 0) is 17.6 Å². The number of ether oxygens (including phenoxy) is 2. The molecule has 34 heavy (non-hydrogen) atoms. The Kier molecular flexibility index (Phi) is 6.15. The molecule has 0 saturated carbocycles. The molecule has 6 heteroatoms. The van der Waals surface area contributed by atoms with Gasteiger partial charge in [-0.3, -0.25) is 14.4 Å². The number of likely N-dealkylation sites (tertiary alicyclic amines) is 1. The molecule has 0 unspecified atom stereocenters. The molecule has 3 aliphatic rings. The van der Waals surface area contributed by atoms with Gasteiger partial charge in [0.2, 0.25) is 5.91 Å². The predicted molar refractivity (Wildman–Crippen MR) is 128 cm³/mol. The van der Waals surface area contributed by atoms with Gasteiger partial charge >= 0.3 is 0 Å². The standard InChI is InChI=1S/C28H31NO5/c1-33-22-8-10-26-23(17-22)25(31)18-28(34-26)12-14-29(15-13-28)27(32)11-9-24(30)21-7-6-19-4-2-3-5-20(19)16-21/h6-8,10,16-17H,2-5,9,11-15,18H2,1H3. The smallest absolute Gasteiger partial charge is 0.223 e. The van der Waals surface area contributed by atoms with Gasteiger partial charge in [-0.25, -0.2) is 0 Å². The molecule has 1 spiro atoms. The van der Waals surface area contributed by atoms with E-state index in [4.69, 9.17) is 9.47 Å². The van der Waals surface area contributed by atoms with Crippen LogP contribution in [0.3, 0.4) is 0 Å². The molecule has 1 saturated heterocycles. The van der Waals surface area contributed by atoms with Crippen molar-refractivity contribution in [1.29, 1.82) is 0 Å². The fourth-order valence-corrected chi connectivity index (χ4v) is 5.47. The fourth-order valence-electron chi connectivity index (χ4n) is 5.47. The summed E-state index contributed by atoms with van der Waals surface area (Å²) in [5, 5.41) is 0. The van der Waals surface area contributed by atoms with Crippen LogP contribution in [0, 0.1) is 0 Å². The lowest BCUT2D eigenvalue weighted by Gasteiger charge is -2.44. The lowest BCUT2D eigenvalue weighted by Crippen LogP contribution is -2.52. The lowest BCUT2D eigenvalue weighted by molar-refractivity contribution is -0.134. The number of nitrogens with zero attached hydrogens (tertiary/aromatic N) is 1. The molecule has 2 aromatic carbocycles. The van der Waals surface area contributed by atoms with Gasteiger partial charge in [-0.2, -0.15) is 0 Å². The number of amides is 1. The van der Waals surface area contributed by atoms with E-state index in [1.807, 2.05) is 17.0 Å². The first-order valence-corrected chi connectivity index (χ1v) is 12.3. The Labute approximate surface area is 200 Å². The Morgan fingerprint density at radius 3 is 2.53 bits per heavy atom. The number of carbonyl (C=O) groups is 3. The van der Waals surface area contributed by atoms with Crippen LogP contribution in [0.15, 0.2) is 36.4 Å². The van der Waals surface area contributed by atoms with Crippen LogP contribution in [0.4, 0.5) is 0 Å². The van der Waals surface area contributed by atoms with Crippen LogP contribution in [0.1, 0.15) is 76.8 Å². The maximum Gasteiger partial charge on any atom is 0.223 e. The van der Waals surface area contributed by atoms with E-state index in [1.54, 1.807) is 25.3 Å². The molecule has 6 nitrogen and oxygen atoms in total. The van der Waals surface area contributed by atoms with Crippen molar-refractivity contribution in [2.45, 2.75) is 63.4 Å². The Balaban J connectivity index is 1.15. The number of rotatable bonds is 5. The summed E-state index contributed by atoms with van der Waals surface area (Å²) in [5.41, 5.74) is 3.35. The molecule has 5 rings (SSSR count). The van der Waals surface area contributed by atoms with Crippen molar-refractivity contribution in [3.63, 3.8) is 0 Å². The minimum atomic E-state index is -0.561. The molecule has 178 valence electrons. The van der Waals surface area contributed by atoms with Gasteiger partial charge in [-0.05, 0) is 61.1 Å². The molecule has 0 bridgehead atoms. The maximum absolute atomic E-state index is 12.8. The average molecular weight is 462 g/mol. The van der Waals surface area contributed by atoms with Gasteiger partial charge < -0.3 is 14.4 Å². The molecule has 0 radical (unpaired) electrons. The van der Waals surface area contributed by atoms with E-state index in [0.717, 1.165) is 18.4 Å². The number of hydrogen-bond acceptors (Lipinski definition) is 5. The summed E-state index contributed by atoms with van der Waals surface area (Å²) in [5.74, 6) is 1.30. The number of hydrogen-bond donors (Lipinski definition) is 0. The third kappa shape index (κ3) is 4.46. The van der Waals surface area contributed by atoms with Crippen LogP contribution in [0.2, 0.25) is 0 Å². The SMILES string of the molecule is COc1ccc2c(c1)C(=O)CC1(CCN(C(=O)CCC(=O)c3ccc4c(c3)CCCC4)CC1)O2. The van der Waals surface area contributed by atoms with Gasteiger partial charge in [0.1, 0.15) is 17.1 Å². The third-order valence-electron chi connectivity index (χ3n) is 7.56. The van der Waals surface area contributed by atoms with Crippen LogP contribution < -0.4 is 9.47 Å². The molecule has 0 atom stereocenters. The van der Waals surface area contributed by atoms with Crippen LogP contribution in [-0.4, -0.2) is 48.2 Å². The number of methoxy groups -OCH3 is 1. The summed E-state index contributed by atoms with van der Waals surface area (Å²) in [7, 11) is 1.57. The molecule has 1 amide bonds. The Bertz CT molecular complexity index is 1130. The van der Waals surface area contributed by atoms with E-state index in [-0.39, 0.29) is 30.3 Å². The van der Waals surface area contributed by atoms with Crippen molar-refractivity contribution >= 4 is 17.5 Å². The summed E-state index contributed by atoms with van der Waals surface area (Å²) in [6.45, 7) is 1.06. The zero-order chi connectivity index (χ0) is 23.7. The number of benzene rings is 2. The molecular weight excluding hydrogens is 430 g/mol. The summed E-state index contributed by atoms with van der Waals surface area (Å²) in [6.07, 6.45) is 6.48. The highest BCUT2D eigenvalue weighted by atomic mass is 16.5. The van der Waals surface area contributed by atoms with Gasteiger partial charge in [0, 0.05) is 44.3 Å². The zero-order valence-corrected chi connectivity index (χ0v) is 19.7. The minimum absolute atomic E-state index is 0.00608. The molecule has 2 aliphatic heterocycles. The van der Waals surface area contributed by atoms with Crippen molar-refractivity contribution in [3.05, 3.63) is 58.7 Å². The third-order valence-corrected chi connectivity index (χ3v) is 7.56. The number of aryl methyl sites for hydroxylation is 2. The van der Waals surface area contributed by atoms with Gasteiger partial charge in [0.05, 0.1) is 19.1 Å². The Morgan fingerprint density at radius 2 is 1.76 bits per heavy atom. The van der Waals surface area contributed by atoms with Crippen molar-refractivity contribution < 1.29 is 23.9 Å². The zero-order valence-electron chi connectivity index (χ0n) is 19.7. The largest absolute Gasteiger partial charge is 0.497 e. The second-order valence-electron chi connectivity index (χ2n) is 9.74. The molecule has 0 aromatic heterocycles. The topological polar surface area (TPSA) is 72.9 Å². The summed E-state index contributed by atoms with van der Waals surface area (Å²) in [6, 6.07) is 11.3. The molecule has 2 heterocycles. The van der Waals surface area contributed by atoms with Gasteiger partial charge in [0.25, 0.3) is 0 Å². The van der Waals surface area contributed by atoms with E-state index in [9.17, 15) is 14.4 Å². The van der Waals surface area contributed by atoms with Crippen LogP contribution in [0.25, 0.3) is 0 Å². The molecular formula is C28H31NO5. The molecule has 1 fully saturated rings. The highest BCUT2D eigenvalue weighted by Gasteiger charge is 2.43. The van der Waals surface area contributed by atoms with E-state index in [0.29, 0.717) is 49.4 Å². The van der Waals surface area contributed by atoms with Crippen molar-refractivity contribution in [3.8, 4) is 11.5 Å². The summed E-state index contributed by atoms with van der Waals surface area (Å²) >= 11 is 0. The first-order chi connectivity index (χ1) is 16.5. The normalized spacial score (nSPS) is 18.6. The van der Waals surface area contributed by atoms with E-state index in [1.165, 1.54) is 24.0 Å². The summed E-state index contributed by atoms with van der Waals surface area (Å²) in [4.78, 5) is 40.1. The highest BCUT2D eigenvalue weighted by Crippen LogP contribution is 2.40. The quantitative estimate of drug-likeness (QED) is 0.610. The van der Waals surface area contributed by atoms with Crippen molar-refractivity contribution in [2.75, 3.05) is 20.2 Å². The second-order valence-corrected chi connectivity index (χ2v) is 9.74. The van der Waals surface area contributed by atoms with Crippen LogP contribution >= 0.6 is 0 Å².